The van der Waals surface area contributed by atoms with E-state index in [0.717, 1.165) is 17.0 Å². The van der Waals surface area contributed by atoms with Crippen molar-refractivity contribution in [3.63, 3.8) is 0 Å². The zero-order chi connectivity index (χ0) is 13.1. The molecule has 0 saturated carbocycles. The molecule has 0 radical (unpaired) electrons. The Kier molecular flexibility index (Phi) is 4.39. The lowest BCUT2D eigenvalue weighted by Crippen LogP contribution is -2.31. The Morgan fingerprint density at radius 2 is 2.06 bits per heavy atom. The van der Waals surface area contributed by atoms with E-state index in [-0.39, 0.29) is 12.2 Å². The maximum atomic E-state index is 12.4. The van der Waals surface area contributed by atoms with Crippen molar-refractivity contribution >= 4 is 27.7 Å². The number of amides is 1. The smallest absolute Gasteiger partial charge is 0.416 e. The highest BCUT2D eigenvalue weighted by Crippen LogP contribution is 2.31. The van der Waals surface area contributed by atoms with Crippen molar-refractivity contribution in [2.45, 2.75) is 6.18 Å². The van der Waals surface area contributed by atoms with Crippen molar-refractivity contribution in [3.8, 4) is 0 Å². The van der Waals surface area contributed by atoms with Crippen molar-refractivity contribution in [1.82, 2.24) is 0 Å². The van der Waals surface area contributed by atoms with E-state index in [9.17, 15) is 18.0 Å². The Hall–Kier alpha value is -1.24. The first-order chi connectivity index (χ1) is 7.86. The molecule has 0 heterocycles. The van der Waals surface area contributed by atoms with E-state index in [2.05, 4.69) is 15.9 Å². The van der Waals surface area contributed by atoms with Gasteiger partial charge in [0, 0.05) is 17.6 Å². The average molecular weight is 312 g/mol. The molecule has 1 aromatic carbocycles. The number of hydrogen-bond donors (Lipinski definition) is 1. The van der Waals surface area contributed by atoms with Crippen molar-refractivity contribution in [2.24, 2.45) is 0 Å². The highest BCUT2D eigenvalue weighted by atomic mass is 79.9. The fourth-order valence-electron chi connectivity index (χ4n) is 1.27. The molecule has 0 aromatic heterocycles. The minimum Gasteiger partial charge on any atom is -0.465 e. The molecule has 0 atom stereocenters. The molecule has 1 N–H and O–H groups in total. The summed E-state index contributed by atoms with van der Waals surface area (Å²) in [5, 5.41) is 9.22. The molecule has 0 spiro atoms. The van der Waals surface area contributed by atoms with Crippen LogP contribution in [0.4, 0.5) is 23.7 Å². The number of alkyl halides is 4. The molecule has 1 rings (SSSR count). The van der Waals surface area contributed by atoms with Crippen LogP contribution in [0.5, 0.6) is 0 Å². The van der Waals surface area contributed by atoms with Crippen LogP contribution in [0.25, 0.3) is 0 Å². The van der Waals surface area contributed by atoms with Crippen LogP contribution >= 0.6 is 15.9 Å². The lowest BCUT2D eigenvalue weighted by atomic mass is 10.2. The second-order valence-electron chi connectivity index (χ2n) is 3.17. The fraction of sp³-hybridized carbons (Fsp3) is 0.300. The third-order valence-corrected chi connectivity index (χ3v) is 2.38. The summed E-state index contributed by atoms with van der Waals surface area (Å²) >= 11 is 3.05. The standard InChI is InChI=1S/C10H9BrF3NO2/c11-4-5-15(9(16)17)8-3-1-2-7(6-8)10(12,13)14/h1-3,6H,4-5H2,(H,16,17). The average Bonchev–Trinajstić information content (AvgIpc) is 2.24. The van der Waals surface area contributed by atoms with Gasteiger partial charge in [0.1, 0.15) is 0 Å². The van der Waals surface area contributed by atoms with Gasteiger partial charge in [0.05, 0.1) is 5.56 Å². The maximum Gasteiger partial charge on any atom is 0.416 e. The van der Waals surface area contributed by atoms with Crippen LogP contribution in [0.3, 0.4) is 0 Å². The second kappa shape index (κ2) is 5.39. The third kappa shape index (κ3) is 3.62. The number of rotatable bonds is 3. The number of hydrogen-bond acceptors (Lipinski definition) is 1. The SMILES string of the molecule is O=C(O)N(CCBr)c1cccc(C(F)(F)F)c1. The molecule has 0 fully saturated rings. The molecule has 94 valence electrons. The number of halogens is 4. The normalized spacial score (nSPS) is 11.3. The number of carbonyl (C=O) groups is 1. The predicted molar refractivity (Wildman–Crippen MR) is 60.6 cm³/mol. The van der Waals surface area contributed by atoms with Crippen molar-refractivity contribution < 1.29 is 23.1 Å². The van der Waals surface area contributed by atoms with E-state index in [1.165, 1.54) is 12.1 Å². The van der Waals surface area contributed by atoms with Gasteiger partial charge in [-0.25, -0.2) is 4.79 Å². The van der Waals surface area contributed by atoms with Gasteiger partial charge in [-0.2, -0.15) is 13.2 Å². The van der Waals surface area contributed by atoms with Gasteiger partial charge in [0.25, 0.3) is 0 Å². The quantitative estimate of drug-likeness (QED) is 0.867. The van der Waals surface area contributed by atoms with E-state index >= 15 is 0 Å². The van der Waals surface area contributed by atoms with E-state index in [1.54, 1.807) is 0 Å². The Labute approximate surface area is 104 Å². The zero-order valence-electron chi connectivity index (χ0n) is 8.54. The Balaban J connectivity index is 3.08. The number of anilines is 1. The first-order valence-corrected chi connectivity index (χ1v) is 5.72. The summed E-state index contributed by atoms with van der Waals surface area (Å²) in [6.45, 7) is 0.0800. The highest BCUT2D eigenvalue weighted by Gasteiger charge is 2.31. The van der Waals surface area contributed by atoms with Gasteiger partial charge >= 0.3 is 12.3 Å². The Bertz CT molecular complexity index is 409. The molecule has 1 amide bonds. The molecule has 1 aromatic rings. The Morgan fingerprint density at radius 1 is 1.41 bits per heavy atom. The first kappa shape index (κ1) is 13.8. The summed E-state index contributed by atoms with van der Waals surface area (Å²) in [7, 11) is 0. The summed E-state index contributed by atoms with van der Waals surface area (Å²) in [5.74, 6) is 0. The van der Waals surface area contributed by atoms with Gasteiger partial charge in [0.15, 0.2) is 0 Å². The minimum atomic E-state index is -4.48. The largest absolute Gasteiger partial charge is 0.465 e. The summed E-state index contributed by atoms with van der Waals surface area (Å²) in [4.78, 5) is 11.7. The molecule has 3 nitrogen and oxygen atoms in total. The molecule has 0 saturated heterocycles. The van der Waals surface area contributed by atoms with E-state index in [0.29, 0.717) is 5.33 Å². The van der Waals surface area contributed by atoms with Gasteiger partial charge in [-0.05, 0) is 18.2 Å². The number of carboxylic acid groups (broad SMARTS) is 1. The molecule has 0 aliphatic heterocycles. The topological polar surface area (TPSA) is 40.5 Å². The van der Waals surface area contributed by atoms with Crippen molar-refractivity contribution in [2.75, 3.05) is 16.8 Å². The first-order valence-electron chi connectivity index (χ1n) is 4.60. The molecule has 0 aliphatic rings. The molecule has 0 aliphatic carbocycles. The monoisotopic (exact) mass is 311 g/mol. The summed E-state index contributed by atoms with van der Waals surface area (Å²) in [6.07, 6.45) is -5.77. The third-order valence-electron chi connectivity index (χ3n) is 2.02. The van der Waals surface area contributed by atoms with Crippen LogP contribution in [0.1, 0.15) is 5.56 Å². The minimum absolute atomic E-state index is 0.00627. The van der Waals surface area contributed by atoms with Crippen molar-refractivity contribution in [1.29, 1.82) is 0 Å². The molecule has 0 unspecified atom stereocenters. The van der Waals surface area contributed by atoms with Crippen LogP contribution in [-0.2, 0) is 6.18 Å². The predicted octanol–water partition coefficient (Wildman–Crippen LogP) is 3.58. The summed E-state index contributed by atoms with van der Waals surface area (Å²) < 4.78 is 37.3. The second-order valence-corrected chi connectivity index (χ2v) is 3.96. The van der Waals surface area contributed by atoms with Gasteiger partial charge in [0.2, 0.25) is 0 Å². The van der Waals surface area contributed by atoms with E-state index in [4.69, 9.17) is 5.11 Å². The van der Waals surface area contributed by atoms with Gasteiger partial charge < -0.3 is 5.11 Å². The van der Waals surface area contributed by atoms with Gasteiger partial charge in [-0.1, -0.05) is 22.0 Å². The summed E-state index contributed by atoms with van der Waals surface area (Å²) in [5.41, 5.74) is -0.859. The van der Waals surface area contributed by atoms with Crippen LogP contribution in [0, 0.1) is 0 Å². The molecule has 0 bridgehead atoms. The highest BCUT2D eigenvalue weighted by molar-refractivity contribution is 9.09. The van der Waals surface area contributed by atoms with E-state index in [1.807, 2.05) is 0 Å². The lowest BCUT2D eigenvalue weighted by Gasteiger charge is -2.19. The van der Waals surface area contributed by atoms with Crippen LogP contribution in [0.15, 0.2) is 24.3 Å². The molecular formula is C10H9BrF3NO2. The number of benzene rings is 1. The van der Waals surface area contributed by atoms with Gasteiger partial charge in [-0.3, -0.25) is 4.90 Å². The van der Waals surface area contributed by atoms with Crippen molar-refractivity contribution in [3.05, 3.63) is 29.8 Å². The van der Waals surface area contributed by atoms with Crippen LogP contribution in [-0.4, -0.2) is 23.1 Å². The lowest BCUT2D eigenvalue weighted by molar-refractivity contribution is -0.137. The van der Waals surface area contributed by atoms with Crippen LogP contribution < -0.4 is 4.90 Å². The molecular weight excluding hydrogens is 303 g/mol. The molecule has 17 heavy (non-hydrogen) atoms. The Morgan fingerprint density at radius 3 is 2.53 bits per heavy atom. The molecule has 7 heteroatoms. The van der Waals surface area contributed by atoms with E-state index < -0.39 is 17.8 Å². The van der Waals surface area contributed by atoms with Crippen LogP contribution in [0.2, 0.25) is 0 Å². The zero-order valence-corrected chi connectivity index (χ0v) is 10.1. The summed E-state index contributed by atoms with van der Waals surface area (Å²) in [6, 6.07) is 4.22. The number of nitrogens with zero attached hydrogens (tertiary/aromatic N) is 1. The fourth-order valence-corrected chi connectivity index (χ4v) is 1.62. The maximum absolute atomic E-state index is 12.4. The van der Waals surface area contributed by atoms with Gasteiger partial charge in [-0.15, -0.1) is 0 Å².